The van der Waals surface area contributed by atoms with Crippen molar-refractivity contribution in [1.82, 2.24) is 4.98 Å². The normalized spacial score (nSPS) is 10.3. The first-order valence-corrected chi connectivity index (χ1v) is 5.90. The molecule has 2 rings (SSSR count). The van der Waals surface area contributed by atoms with E-state index >= 15 is 0 Å². The van der Waals surface area contributed by atoms with Gasteiger partial charge in [-0.05, 0) is 24.3 Å². The van der Waals surface area contributed by atoms with E-state index in [0.29, 0.717) is 15.7 Å². The number of amides is 1. The van der Waals surface area contributed by atoms with Crippen molar-refractivity contribution >= 4 is 40.6 Å². The summed E-state index contributed by atoms with van der Waals surface area (Å²) in [6, 6.07) is 5.58. The van der Waals surface area contributed by atoms with Gasteiger partial charge in [-0.25, -0.2) is 9.37 Å². The number of anilines is 2. The van der Waals surface area contributed by atoms with Crippen LogP contribution in [-0.4, -0.2) is 10.9 Å². The number of carbonyl (C=O) groups excluding carboxylic acids is 1. The van der Waals surface area contributed by atoms with Crippen LogP contribution in [0.5, 0.6) is 0 Å². The van der Waals surface area contributed by atoms with Crippen LogP contribution in [0.25, 0.3) is 0 Å². The average Bonchev–Trinajstić information content (AvgIpc) is 2.36. The SMILES string of the molecule is Nc1ncc(F)cc1C(=O)Nc1ccc(Cl)c(Cl)c1. The number of nitrogens with one attached hydrogen (secondary N) is 1. The number of nitrogen functional groups attached to an aromatic ring is 1. The molecule has 0 unspecified atom stereocenters. The zero-order valence-corrected chi connectivity index (χ0v) is 11.0. The Morgan fingerprint density at radius 1 is 1.26 bits per heavy atom. The van der Waals surface area contributed by atoms with E-state index in [9.17, 15) is 9.18 Å². The van der Waals surface area contributed by atoms with Crippen LogP contribution in [0.1, 0.15) is 10.4 Å². The van der Waals surface area contributed by atoms with Gasteiger partial charge in [0.2, 0.25) is 0 Å². The van der Waals surface area contributed by atoms with E-state index in [4.69, 9.17) is 28.9 Å². The lowest BCUT2D eigenvalue weighted by atomic mass is 10.2. The van der Waals surface area contributed by atoms with E-state index < -0.39 is 11.7 Å². The molecular weight excluding hydrogens is 292 g/mol. The van der Waals surface area contributed by atoms with Gasteiger partial charge in [-0.2, -0.15) is 0 Å². The number of nitrogens with two attached hydrogens (primary N) is 1. The molecule has 0 radical (unpaired) electrons. The van der Waals surface area contributed by atoms with Crippen LogP contribution < -0.4 is 11.1 Å². The quantitative estimate of drug-likeness (QED) is 0.893. The summed E-state index contributed by atoms with van der Waals surface area (Å²) in [6.07, 6.45) is 0.936. The zero-order valence-electron chi connectivity index (χ0n) is 9.45. The highest BCUT2D eigenvalue weighted by atomic mass is 35.5. The van der Waals surface area contributed by atoms with Gasteiger partial charge >= 0.3 is 0 Å². The lowest BCUT2D eigenvalue weighted by Crippen LogP contribution is -2.15. The van der Waals surface area contributed by atoms with E-state index in [-0.39, 0.29) is 11.4 Å². The van der Waals surface area contributed by atoms with Crippen LogP contribution in [0, 0.1) is 5.82 Å². The molecule has 1 aromatic carbocycles. The van der Waals surface area contributed by atoms with Crippen molar-refractivity contribution in [3.63, 3.8) is 0 Å². The maximum Gasteiger partial charge on any atom is 0.259 e. The predicted octanol–water partition coefficient (Wildman–Crippen LogP) is 3.36. The van der Waals surface area contributed by atoms with Crippen LogP contribution in [0.15, 0.2) is 30.5 Å². The zero-order chi connectivity index (χ0) is 14.0. The van der Waals surface area contributed by atoms with E-state index in [1.807, 2.05) is 0 Å². The first kappa shape index (κ1) is 13.6. The fraction of sp³-hybridized carbons (Fsp3) is 0. The molecule has 19 heavy (non-hydrogen) atoms. The number of aromatic nitrogens is 1. The molecule has 3 N–H and O–H groups in total. The fourth-order valence-electron chi connectivity index (χ4n) is 1.40. The first-order chi connectivity index (χ1) is 8.97. The van der Waals surface area contributed by atoms with Crippen molar-refractivity contribution in [2.24, 2.45) is 0 Å². The van der Waals surface area contributed by atoms with E-state index in [1.54, 1.807) is 6.07 Å². The molecule has 0 saturated carbocycles. The van der Waals surface area contributed by atoms with Crippen molar-refractivity contribution in [1.29, 1.82) is 0 Å². The minimum Gasteiger partial charge on any atom is -0.383 e. The molecule has 98 valence electrons. The van der Waals surface area contributed by atoms with E-state index in [0.717, 1.165) is 12.3 Å². The Morgan fingerprint density at radius 2 is 2.00 bits per heavy atom. The van der Waals surface area contributed by atoms with Crippen molar-refractivity contribution in [2.45, 2.75) is 0 Å². The highest BCUT2D eigenvalue weighted by molar-refractivity contribution is 6.42. The minimum atomic E-state index is -0.645. The third-order valence-electron chi connectivity index (χ3n) is 2.31. The number of hydrogen-bond acceptors (Lipinski definition) is 3. The number of benzene rings is 1. The third kappa shape index (κ3) is 3.13. The largest absolute Gasteiger partial charge is 0.383 e. The molecule has 2 aromatic rings. The Balaban J connectivity index is 2.25. The molecule has 1 heterocycles. The fourth-order valence-corrected chi connectivity index (χ4v) is 1.70. The number of pyridine rings is 1. The second-order valence-corrected chi connectivity index (χ2v) is 4.48. The minimum absolute atomic E-state index is 0.0499. The van der Waals surface area contributed by atoms with Crippen LogP contribution in [0.2, 0.25) is 10.0 Å². The molecule has 0 aliphatic rings. The number of carbonyl (C=O) groups is 1. The molecule has 0 aliphatic heterocycles. The van der Waals surface area contributed by atoms with Gasteiger partial charge in [0.15, 0.2) is 0 Å². The molecule has 4 nitrogen and oxygen atoms in total. The Bertz CT molecular complexity index is 649. The second kappa shape index (κ2) is 5.42. The number of nitrogens with zero attached hydrogens (tertiary/aromatic N) is 1. The molecule has 1 aromatic heterocycles. The third-order valence-corrected chi connectivity index (χ3v) is 3.05. The molecule has 0 bridgehead atoms. The van der Waals surface area contributed by atoms with Crippen molar-refractivity contribution in [2.75, 3.05) is 11.1 Å². The van der Waals surface area contributed by atoms with Crippen molar-refractivity contribution in [3.8, 4) is 0 Å². The summed E-state index contributed by atoms with van der Waals surface area (Å²) in [6.45, 7) is 0. The molecule has 0 aliphatic carbocycles. The number of halogens is 3. The monoisotopic (exact) mass is 299 g/mol. The summed E-state index contributed by atoms with van der Waals surface area (Å²) in [7, 11) is 0. The topological polar surface area (TPSA) is 68.0 Å². The number of rotatable bonds is 2. The van der Waals surface area contributed by atoms with Crippen molar-refractivity contribution < 1.29 is 9.18 Å². The van der Waals surface area contributed by atoms with Crippen LogP contribution in [-0.2, 0) is 0 Å². The maximum absolute atomic E-state index is 13.0. The maximum atomic E-state index is 13.0. The van der Waals surface area contributed by atoms with Gasteiger partial charge < -0.3 is 11.1 Å². The molecule has 7 heteroatoms. The predicted molar refractivity (Wildman–Crippen MR) is 73.0 cm³/mol. The molecular formula is C12H8Cl2FN3O. The standard InChI is InChI=1S/C12H8Cl2FN3O/c13-9-2-1-7(4-10(9)14)18-12(19)8-3-6(15)5-17-11(8)16/h1-5H,(H2,16,17)(H,18,19). The summed E-state index contributed by atoms with van der Waals surface area (Å²) >= 11 is 11.6. The summed E-state index contributed by atoms with van der Waals surface area (Å²) in [5, 5.41) is 3.19. The van der Waals surface area contributed by atoms with Gasteiger partial charge in [0.05, 0.1) is 21.8 Å². The van der Waals surface area contributed by atoms with Crippen LogP contribution in [0.4, 0.5) is 15.9 Å². The van der Waals surface area contributed by atoms with E-state index in [1.165, 1.54) is 12.1 Å². The summed E-state index contributed by atoms with van der Waals surface area (Å²) < 4.78 is 13.0. The summed E-state index contributed by atoms with van der Waals surface area (Å²) in [5.74, 6) is -1.28. The van der Waals surface area contributed by atoms with Gasteiger partial charge in [0.1, 0.15) is 11.6 Å². The van der Waals surface area contributed by atoms with Gasteiger partial charge in [-0.15, -0.1) is 0 Å². The molecule has 0 atom stereocenters. The first-order valence-electron chi connectivity index (χ1n) is 5.15. The molecule has 0 fully saturated rings. The lowest BCUT2D eigenvalue weighted by molar-refractivity contribution is 0.102. The molecule has 0 spiro atoms. The van der Waals surface area contributed by atoms with Gasteiger partial charge in [-0.1, -0.05) is 23.2 Å². The summed E-state index contributed by atoms with van der Waals surface area (Å²) in [4.78, 5) is 15.5. The average molecular weight is 300 g/mol. The van der Waals surface area contributed by atoms with Crippen LogP contribution in [0.3, 0.4) is 0 Å². The smallest absolute Gasteiger partial charge is 0.259 e. The Hall–Kier alpha value is -1.85. The second-order valence-electron chi connectivity index (χ2n) is 3.67. The molecule has 0 saturated heterocycles. The Kier molecular flexibility index (Phi) is 3.87. The highest BCUT2D eigenvalue weighted by Crippen LogP contribution is 2.25. The van der Waals surface area contributed by atoms with Gasteiger partial charge in [0, 0.05) is 5.69 Å². The van der Waals surface area contributed by atoms with Gasteiger partial charge in [-0.3, -0.25) is 4.79 Å². The van der Waals surface area contributed by atoms with Crippen molar-refractivity contribution in [3.05, 3.63) is 51.9 Å². The highest BCUT2D eigenvalue weighted by Gasteiger charge is 2.12. The lowest BCUT2D eigenvalue weighted by Gasteiger charge is -2.07. The van der Waals surface area contributed by atoms with E-state index in [2.05, 4.69) is 10.3 Å². The Labute approximate surface area is 118 Å². The Morgan fingerprint density at radius 3 is 2.68 bits per heavy atom. The summed E-state index contributed by atoms with van der Waals surface area (Å²) in [5.41, 5.74) is 5.88. The number of hydrogen-bond donors (Lipinski definition) is 2. The molecule has 1 amide bonds. The van der Waals surface area contributed by atoms with Crippen LogP contribution >= 0.6 is 23.2 Å². The van der Waals surface area contributed by atoms with Gasteiger partial charge in [0.25, 0.3) is 5.91 Å².